The van der Waals surface area contributed by atoms with Crippen molar-refractivity contribution in [3.63, 3.8) is 0 Å². The van der Waals surface area contributed by atoms with Gasteiger partial charge in [-0.3, -0.25) is 19.7 Å². The van der Waals surface area contributed by atoms with Gasteiger partial charge in [-0.05, 0) is 24.8 Å². The normalized spacial score (nSPS) is 16.2. The van der Waals surface area contributed by atoms with Crippen LogP contribution in [0.3, 0.4) is 0 Å². The summed E-state index contributed by atoms with van der Waals surface area (Å²) in [6, 6.07) is 3.09. The number of carbonyl (C=O) groups is 2. The molecule has 26 heavy (non-hydrogen) atoms. The maximum absolute atomic E-state index is 12.6. The van der Waals surface area contributed by atoms with Gasteiger partial charge < -0.3 is 10.6 Å². The highest BCUT2D eigenvalue weighted by Gasteiger charge is 2.28. The standard InChI is InChI=1S/C18H24ClN3O4/c1-11(2)16(18(24)20-12-6-4-3-5-7-12)21-17(23)14-9-8-13(22(25)26)10-15(14)19/h8-12,16H,3-7H2,1-2H3,(H,20,24)(H,21,23). The third-order valence-electron chi connectivity index (χ3n) is 4.60. The van der Waals surface area contributed by atoms with Gasteiger partial charge in [0, 0.05) is 18.2 Å². The first-order valence-corrected chi connectivity index (χ1v) is 9.22. The zero-order valence-corrected chi connectivity index (χ0v) is 15.7. The van der Waals surface area contributed by atoms with Gasteiger partial charge in [0.2, 0.25) is 5.91 Å². The van der Waals surface area contributed by atoms with Crippen molar-refractivity contribution < 1.29 is 14.5 Å². The molecule has 1 aliphatic rings. The minimum absolute atomic E-state index is 0.0214. The Labute approximate surface area is 157 Å². The molecule has 2 amide bonds. The van der Waals surface area contributed by atoms with Crippen LogP contribution in [0.4, 0.5) is 5.69 Å². The monoisotopic (exact) mass is 381 g/mol. The molecule has 7 nitrogen and oxygen atoms in total. The molecule has 0 bridgehead atoms. The van der Waals surface area contributed by atoms with E-state index in [-0.39, 0.29) is 34.1 Å². The SMILES string of the molecule is CC(C)C(NC(=O)c1ccc([N+](=O)[O-])cc1Cl)C(=O)NC1CCCCC1. The molecule has 1 saturated carbocycles. The molecule has 1 unspecified atom stereocenters. The number of non-ortho nitro benzene ring substituents is 1. The van der Waals surface area contributed by atoms with E-state index in [0.717, 1.165) is 31.7 Å². The number of benzene rings is 1. The Bertz CT molecular complexity index is 687. The Hall–Kier alpha value is -2.15. The first-order chi connectivity index (χ1) is 12.3. The van der Waals surface area contributed by atoms with Crippen LogP contribution in [-0.2, 0) is 4.79 Å². The minimum Gasteiger partial charge on any atom is -0.352 e. The molecule has 0 saturated heterocycles. The molecule has 1 aromatic rings. The summed E-state index contributed by atoms with van der Waals surface area (Å²) >= 11 is 6.00. The molecular formula is C18H24ClN3O4. The Kier molecular flexibility index (Phi) is 6.97. The van der Waals surface area contributed by atoms with Gasteiger partial charge in [0.1, 0.15) is 6.04 Å². The first-order valence-electron chi connectivity index (χ1n) is 8.84. The highest BCUT2D eigenvalue weighted by atomic mass is 35.5. The molecule has 0 heterocycles. The van der Waals surface area contributed by atoms with Gasteiger partial charge in [-0.2, -0.15) is 0 Å². The van der Waals surface area contributed by atoms with Crippen LogP contribution in [0.1, 0.15) is 56.3 Å². The number of nitrogens with zero attached hydrogens (tertiary/aromatic N) is 1. The molecule has 142 valence electrons. The molecule has 0 radical (unpaired) electrons. The maximum Gasteiger partial charge on any atom is 0.270 e. The average Bonchev–Trinajstić information content (AvgIpc) is 2.59. The zero-order valence-electron chi connectivity index (χ0n) is 15.0. The molecule has 0 aromatic heterocycles. The van der Waals surface area contributed by atoms with Gasteiger partial charge in [-0.1, -0.05) is 44.7 Å². The fourth-order valence-electron chi connectivity index (χ4n) is 3.09. The number of nitro benzene ring substituents is 1. The summed E-state index contributed by atoms with van der Waals surface area (Å²) in [7, 11) is 0. The zero-order chi connectivity index (χ0) is 19.3. The van der Waals surface area contributed by atoms with E-state index in [1.165, 1.54) is 18.6 Å². The van der Waals surface area contributed by atoms with Crippen molar-refractivity contribution in [1.82, 2.24) is 10.6 Å². The maximum atomic E-state index is 12.6. The van der Waals surface area contributed by atoms with Crippen molar-refractivity contribution in [3.05, 3.63) is 38.9 Å². The molecule has 2 N–H and O–H groups in total. The molecule has 1 atom stereocenters. The van der Waals surface area contributed by atoms with E-state index in [1.54, 1.807) is 0 Å². The van der Waals surface area contributed by atoms with Gasteiger partial charge in [-0.15, -0.1) is 0 Å². The molecular weight excluding hydrogens is 358 g/mol. The predicted molar refractivity (Wildman–Crippen MR) is 99.2 cm³/mol. The molecule has 0 aliphatic heterocycles. The van der Waals surface area contributed by atoms with Gasteiger partial charge in [0.15, 0.2) is 0 Å². The minimum atomic E-state index is -0.698. The second kappa shape index (κ2) is 8.98. The van der Waals surface area contributed by atoms with Crippen LogP contribution in [0.2, 0.25) is 5.02 Å². The lowest BCUT2D eigenvalue weighted by Crippen LogP contribution is -2.52. The van der Waals surface area contributed by atoms with Crippen molar-refractivity contribution in [3.8, 4) is 0 Å². The molecule has 1 fully saturated rings. The van der Waals surface area contributed by atoms with Crippen LogP contribution in [-0.4, -0.2) is 28.8 Å². The molecule has 1 aromatic carbocycles. The van der Waals surface area contributed by atoms with Crippen molar-refractivity contribution in [2.75, 3.05) is 0 Å². The number of carbonyl (C=O) groups excluding carboxylic acids is 2. The van der Waals surface area contributed by atoms with Gasteiger partial charge in [0.05, 0.1) is 15.5 Å². The van der Waals surface area contributed by atoms with Crippen LogP contribution in [0, 0.1) is 16.0 Å². The third-order valence-corrected chi connectivity index (χ3v) is 4.91. The Balaban J connectivity index is 2.07. The van der Waals surface area contributed by atoms with E-state index in [2.05, 4.69) is 10.6 Å². The lowest BCUT2D eigenvalue weighted by molar-refractivity contribution is -0.384. The van der Waals surface area contributed by atoms with E-state index in [0.29, 0.717) is 0 Å². The number of hydrogen-bond donors (Lipinski definition) is 2. The van der Waals surface area contributed by atoms with Gasteiger partial charge in [0.25, 0.3) is 11.6 Å². The second-order valence-corrected chi connectivity index (χ2v) is 7.37. The highest BCUT2D eigenvalue weighted by Crippen LogP contribution is 2.23. The molecule has 2 rings (SSSR count). The van der Waals surface area contributed by atoms with Crippen molar-refractivity contribution in [2.24, 2.45) is 5.92 Å². The summed E-state index contributed by atoms with van der Waals surface area (Å²) in [5.74, 6) is -0.847. The second-order valence-electron chi connectivity index (χ2n) is 6.96. The summed E-state index contributed by atoms with van der Waals surface area (Å²) in [5, 5.41) is 16.5. The molecule has 1 aliphatic carbocycles. The van der Waals surface area contributed by atoms with Crippen LogP contribution in [0.5, 0.6) is 0 Å². The number of halogens is 1. The van der Waals surface area contributed by atoms with Crippen molar-refractivity contribution >= 4 is 29.1 Å². The van der Waals surface area contributed by atoms with E-state index in [4.69, 9.17) is 11.6 Å². The largest absolute Gasteiger partial charge is 0.352 e. The predicted octanol–water partition coefficient (Wildman–Crippen LogP) is 3.45. The van der Waals surface area contributed by atoms with Crippen LogP contribution < -0.4 is 10.6 Å². The van der Waals surface area contributed by atoms with E-state index < -0.39 is 16.9 Å². The summed E-state index contributed by atoms with van der Waals surface area (Å²) in [6.45, 7) is 3.70. The fourth-order valence-corrected chi connectivity index (χ4v) is 3.35. The molecule has 0 spiro atoms. The number of amides is 2. The van der Waals surface area contributed by atoms with Crippen molar-refractivity contribution in [2.45, 2.75) is 58.0 Å². The van der Waals surface area contributed by atoms with Gasteiger partial charge in [-0.25, -0.2) is 0 Å². The highest BCUT2D eigenvalue weighted by molar-refractivity contribution is 6.34. The molecule has 8 heteroatoms. The lowest BCUT2D eigenvalue weighted by atomic mass is 9.94. The summed E-state index contributed by atoms with van der Waals surface area (Å²) in [6.07, 6.45) is 5.30. The number of rotatable bonds is 6. The topological polar surface area (TPSA) is 101 Å². The average molecular weight is 382 g/mol. The number of nitrogens with one attached hydrogen (secondary N) is 2. The Morgan fingerprint density at radius 2 is 1.88 bits per heavy atom. The summed E-state index contributed by atoms with van der Waals surface area (Å²) < 4.78 is 0. The van der Waals surface area contributed by atoms with Crippen molar-refractivity contribution in [1.29, 1.82) is 0 Å². The first kappa shape index (κ1) is 20.2. The van der Waals surface area contributed by atoms with E-state index in [9.17, 15) is 19.7 Å². The summed E-state index contributed by atoms with van der Waals surface area (Å²) in [4.78, 5) is 35.3. The third kappa shape index (κ3) is 5.17. The van der Waals surface area contributed by atoms with Crippen LogP contribution >= 0.6 is 11.6 Å². The van der Waals surface area contributed by atoms with E-state index >= 15 is 0 Å². The van der Waals surface area contributed by atoms with E-state index in [1.807, 2.05) is 13.8 Å². The van der Waals surface area contributed by atoms with Crippen LogP contribution in [0.15, 0.2) is 18.2 Å². The number of hydrogen-bond acceptors (Lipinski definition) is 4. The summed E-state index contributed by atoms with van der Waals surface area (Å²) in [5.41, 5.74) is -0.0876. The smallest absolute Gasteiger partial charge is 0.270 e. The van der Waals surface area contributed by atoms with Crippen LogP contribution in [0.25, 0.3) is 0 Å². The lowest BCUT2D eigenvalue weighted by Gasteiger charge is -2.27. The Morgan fingerprint density at radius 3 is 2.42 bits per heavy atom. The Morgan fingerprint density at radius 1 is 1.23 bits per heavy atom. The fraction of sp³-hybridized carbons (Fsp3) is 0.556. The quantitative estimate of drug-likeness (QED) is 0.582. The number of nitro groups is 1. The van der Waals surface area contributed by atoms with Gasteiger partial charge >= 0.3 is 0 Å².